The van der Waals surface area contributed by atoms with Crippen LogP contribution in [0.3, 0.4) is 0 Å². The summed E-state index contributed by atoms with van der Waals surface area (Å²) in [6.07, 6.45) is 0.900. The van der Waals surface area contributed by atoms with Crippen molar-refractivity contribution in [1.29, 1.82) is 0 Å². The van der Waals surface area contributed by atoms with Gasteiger partial charge in [-0.25, -0.2) is 13.2 Å². The summed E-state index contributed by atoms with van der Waals surface area (Å²) in [4.78, 5) is 22.3. The van der Waals surface area contributed by atoms with Gasteiger partial charge in [-0.2, -0.15) is 0 Å². The molecule has 0 atom stereocenters. The normalized spacial score (nSPS) is 11.0. The first kappa shape index (κ1) is 14.5. The molecule has 0 saturated carbocycles. The fourth-order valence-electron chi connectivity index (χ4n) is 1.24. The van der Waals surface area contributed by atoms with Gasteiger partial charge >= 0.3 is 5.97 Å². The molecular weight excluding hydrogens is 282 g/mol. The second-order valence-electron chi connectivity index (χ2n) is 3.59. The van der Waals surface area contributed by atoms with E-state index in [1.165, 1.54) is 18.2 Å². The number of carboxylic acid groups (broad SMARTS) is 1. The summed E-state index contributed by atoms with van der Waals surface area (Å²) in [6, 6.07) is 4.06. The number of halogens is 1. The largest absolute Gasteiger partial charge is 0.478 e. The Morgan fingerprint density at radius 1 is 1.39 bits per heavy atom. The molecule has 1 aromatic carbocycles. The molecule has 0 unspecified atom stereocenters. The number of hydrogen-bond acceptors (Lipinski definition) is 4. The van der Waals surface area contributed by atoms with E-state index in [2.05, 4.69) is 5.32 Å². The first-order valence-corrected chi connectivity index (χ1v) is 7.14. The van der Waals surface area contributed by atoms with E-state index in [1.54, 1.807) is 0 Å². The molecule has 0 aliphatic carbocycles. The van der Waals surface area contributed by atoms with E-state index < -0.39 is 27.5 Å². The molecule has 18 heavy (non-hydrogen) atoms. The van der Waals surface area contributed by atoms with E-state index in [0.717, 1.165) is 6.26 Å². The summed E-state index contributed by atoms with van der Waals surface area (Å²) in [5.41, 5.74) is -0.315. The van der Waals surface area contributed by atoms with Crippen molar-refractivity contribution in [3.63, 3.8) is 0 Å². The van der Waals surface area contributed by atoms with Gasteiger partial charge in [-0.1, -0.05) is 17.7 Å². The van der Waals surface area contributed by atoms with Crippen LogP contribution in [0, 0.1) is 0 Å². The van der Waals surface area contributed by atoms with Crippen LogP contribution in [0.4, 0.5) is 5.69 Å². The Balaban J connectivity index is 3.04. The average molecular weight is 292 g/mol. The fraction of sp³-hybridized carbons (Fsp3) is 0.200. The van der Waals surface area contributed by atoms with Gasteiger partial charge in [0.15, 0.2) is 9.84 Å². The van der Waals surface area contributed by atoms with Crippen LogP contribution in [0.2, 0.25) is 5.02 Å². The molecular formula is C10H10ClNO5S. The predicted molar refractivity (Wildman–Crippen MR) is 66.8 cm³/mol. The van der Waals surface area contributed by atoms with Gasteiger partial charge in [-0.3, -0.25) is 4.79 Å². The lowest BCUT2D eigenvalue weighted by atomic mass is 10.2. The van der Waals surface area contributed by atoms with Gasteiger partial charge in [-0.15, -0.1) is 0 Å². The highest BCUT2D eigenvalue weighted by Crippen LogP contribution is 2.25. The lowest BCUT2D eigenvalue weighted by Gasteiger charge is -2.09. The Morgan fingerprint density at radius 2 is 2.00 bits per heavy atom. The maximum absolute atomic E-state index is 11.4. The molecule has 6 nitrogen and oxygen atoms in total. The molecule has 8 heteroatoms. The van der Waals surface area contributed by atoms with Crippen molar-refractivity contribution < 1.29 is 23.1 Å². The van der Waals surface area contributed by atoms with Crippen molar-refractivity contribution in [3.05, 3.63) is 28.8 Å². The van der Waals surface area contributed by atoms with Gasteiger partial charge in [0.25, 0.3) is 0 Å². The van der Waals surface area contributed by atoms with E-state index in [4.69, 9.17) is 16.7 Å². The van der Waals surface area contributed by atoms with Crippen molar-refractivity contribution in [2.75, 3.05) is 17.3 Å². The van der Waals surface area contributed by atoms with Gasteiger partial charge in [0.05, 0.1) is 16.3 Å². The molecule has 0 aliphatic heterocycles. The summed E-state index contributed by atoms with van der Waals surface area (Å²) in [5, 5.41) is 11.1. The number of carbonyl (C=O) groups is 2. The van der Waals surface area contributed by atoms with Gasteiger partial charge < -0.3 is 10.4 Å². The molecule has 98 valence electrons. The van der Waals surface area contributed by atoms with Crippen LogP contribution in [-0.4, -0.2) is 37.4 Å². The third-order valence-electron chi connectivity index (χ3n) is 1.90. The Hall–Kier alpha value is -1.60. The summed E-state index contributed by atoms with van der Waals surface area (Å²) < 4.78 is 21.9. The highest BCUT2D eigenvalue weighted by Gasteiger charge is 2.17. The molecule has 0 fully saturated rings. The number of amides is 1. The van der Waals surface area contributed by atoms with Crippen molar-refractivity contribution in [1.82, 2.24) is 0 Å². The van der Waals surface area contributed by atoms with Crippen molar-refractivity contribution >= 4 is 39.0 Å². The standard InChI is InChI=1S/C10H10ClNO5S/c1-18(16,17)5-8(13)12-9-6(10(14)15)3-2-4-7(9)11/h2-4H,5H2,1H3,(H,12,13)(H,14,15). The van der Waals surface area contributed by atoms with Crippen LogP contribution in [0.15, 0.2) is 18.2 Å². The summed E-state index contributed by atoms with van der Waals surface area (Å²) in [7, 11) is -3.49. The van der Waals surface area contributed by atoms with Crippen molar-refractivity contribution in [2.45, 2.75) is 0 Å². The molecule has 0 spiro atoms. The number of hydrogen-bond donors (Lipinski definition) is 2. The minimum atomic E-state index is -3.49. The maximum atomic E-state index is 11.4. The minimum absolute atomic E-state index is 0.0248. The van der Waals surface area contributed by atoms with Gasteiger partial charge in [-0.05, 0) is 12.1 Å². The lowest BCUT2D eigenvalue weighted by molar-refractivity contribution is -0.113. The zero-order valence-electron chi connectivity index (χ0n) is 9.31. The third kappa shape index (κ3) is 4.01. The second-order valence-corrected chi connectivity index (χ2v) is 6.13. The molecule has 0 radical (unpaired) electrons. The lowest BCUT2D eigenvalue weighted by Crippen LogP contribution is -2.23. The second kappa shape index (κ2) is 5.36. The molecule has 1 rings (SSSR count). The van der Waals surface area contributed by atoms with Crippen LogP contribution < -0.4 is 5.32 Å². The van der Waals surface area contributed by atoms with Gasteiger partial charge in [0.2, 0.25) is 5.91 Å². The molecule has 2 N–H and O–H groups in total. The van der Waals surface area contributed by atoms with E-state index >= 15 is 0 Å². The highest BCUT2D eigenvalue weighted by molar-refractivity contribution is 7.91. The van der Waals surface area contributed by atoms with Crippen LogP contribution in [0.5, 0.6) is 0 Å². The maximum Gasteiger partial charge on any atom is 0.337 e. The number of sulfone groups is 1. The number of para-hydroxylation sites is 1. The number of aromatic carboxylic acids is 1. The Kier molecular flexibility index (Phi) is 4.31. The van der Waals surface area contributed by atoms with E-state index in [-0.39, 0.29) is 16.3 Å². The zero-order chi connectivity index (χ0) is 13.9. The molecule has 0 heterocycles. The molecule has 0 aliphatic rings. The van der Waals surface area contributed by atoms with Crippen LogP contribution in [0.1, 0.15) is 10.4 Å². The summed E-state index contributed by atoms with van der Waals surface area (Å²) >= 11 is 5.76. The summed E-state index contributed by atoms with van der Waals surface area (Å²) in [6.45, 7) is 0. The molecule has 1 aromatic rings. The summed E-state index contributed by atoms with van der Waals surface area (Å²) in [5.74, 6) is -2.85. The van der Waals surface area contributed by atoms with E-state index in [9.17, 15) is 18.0 Å². The SMILES string of the molecule is CS(=O)(=O)CC(=O)Nc1c(Cl)cccc1C(=O)O. The first-order valence-electron chi connectivity index (χ1n) is 4.70. The minimum Gasteiger partial charge on any atom is -0.478 e. The topological polar surface area (TPSA) is 101 Å². The number of anilines is 1. The highest BCUT2D eigenvalue weighted by atomic mass is 35.5. The van der Waals surface area contributed by atoms with Crippen LogP contribution in [0.25, 0.3) is 0 Å². The number of nitrogens with one attached hydrogen (secondary N) is 1. The van der Waals surface area contributed by atoms with Crippen LogP contribution in [-0.2, 0) is 14.6 Å². The average Bonchev–Trinajstić information content (AvgIpc) is 2.17. The van der Waals surface area contributed by atoms with Crippen molar-refractivity contribution in [3.8, 4) is 0 Å². The molecule has 1 amide bonds. The molecule has 0 bridgehead atoms. The number of carbonyl (C=O) groups excluding carboxylic acids is 1. The third-order valence-corrected chi connectivity index (χ3v) is 3.00. The number of rotatable bonds is 4. The number of benzene rings is 1. The van der Waals surface area contributed by atoms with Gasteiger partial charge in [0.1, 0.15) is 5.75 Å². The quantitative estimate of drug-likeness (QED) is 0.862. The smallest absolute Gasteiger partial charge is 0.337 e. The number of carboxylic acids is 1. The fourth-order valence-corrected chi connectivity index (χ4v) is 2.01. The monoisotopic (exact) mass is 291 g/mol. The molecule has 0 aromatic heterocycles. The van der Waals surface area contributed by atoms with Crippen LogP contribution >= 0.6 is 11.6 Å². The van der Waals surface area contributed by atoms with Gasteiger partial charge in [0, 0.05) is 6.26 Å². The Bertz CT molecular complexity index is 596. The zero-order valence-corrected chi connectivity index (χ0v) is 10.9. The Labute approximate surface area is 108 Å². The van der Waals surface area contributed by atoms with E-state index in [1.807, 2.05) is 0 Å². The Morgan fingerprint density at radius 3 is 2.50 bits per heavy atom. The first-order chi connectivity index (χ1) is 8.20. The van der Waals surface area contributed by atoms with E-state index in [0.29, 0.717) is 0 Å². The van der Waals surface area contributed by atoms with Crippen molar-refractivity contribution in [2.24, 2.45) is 0 Å². The molecule has 0 saturated heterocycles. The predicted octanol–water partition coefficient (Wildman–Crippen LogP) is 1.02.